The normalized spacial score (nSPS) is 11.9. The highest BCUT2D eigenvalue weighted by Gasteiger charge is 2.17. The monoisotopic (exact) mass is 293 g/mol. The molecule has 116 valence electrons. The van der Waals surface area contributed by atoms with Gasteiger partial charge in [0.15, 0.2) is 0 Å². The molecule has 0 aliphatic rings. The van der Waals surface area contributed by atoms with Crippen LogP contribution < -0.4 is 21.3 Å². The number of amides is 2. The van der Waals surface area contributed by atoms with Crippen molar-refractivity contribution in [1.29, 1.82) is 0 Å². The van der Waals surface area contributed by atoms with Gasteiger partial charge in [-0.05, 0) is 18.1 Å². The predicted molar refractivity (Wildman–Crippen MR) is 83.0 cm³/mol. The van der Waals surface area contributed by atoms with Crippen LogP contribution in [0.15, 0.2) is 18.3 Å². The van der Waals surface area contributed by atoms with Crippen LogP contribution in [0.25, 0.3) is 0 Å². The van der Waals surface area contributed by atoms with Gasteiger partial charge in [0.2, 0.25) is 11.8 Å². The number of nitrogens with one attached hydrogen (secondary N) is 2. The Morgan fingerprint density at radius 2 is 2.00 bits per heavy atom. The molecule has 0 radical (unpaired) electrons. The molecule has 21 heavy (non-hydrogen) atoms. The minimum Gasteiger partial charge on any atom is -0.363 e. The van der Waals surface area contributed by atoms with E-state index in [1.54, 1.807) is 18.3 Å². The molecule has 0 fully saturated rings. The van der Waals surface area contributed by atoms with Gasteiger partial charge in [-0.15, -0.1) is 0 Å². The van der Waals surface area contributed by atoms with Gasteiger partial charge in [0.25, 0.3) is 0 Å². The average molecular weight is 293 g/mol. The van der Waals surface area contributed by atoms with Crippen LogP contribution in [-0.2, 0) is 9.59 Å². The Bertz CT molecular complexity index is 485. The average Bonchev–Trinajstić information content (AvgIpc) is 2.44. The fraction of sp³-hybridized carbons (Fsp3) is 0.500. The zero-order valence-electron chi connectivity index (χ0n) is 12.9. The summed E-state index contributed by atoms with van der Waals surface area (Å²) in [6, 6.07) is 2.93. The summed E-state index contributed by atoms with van der Waals surface area (Å²) in [6.45, 7) is 3.58. The van der Waals surface area contributed by atoms with Crippen LogP contribution in [0.1, 0.15) is 13.8 Å². The highest BCUT2D eigenvalue weighted by atomic mass is 16.2. The maximum absolute atomic E-state index is 11.7. The molecule has 0 saturated heterocycles. The van der Waals surface area contributed by atoms with Gasteiger partial charge < -0.3 is 21.3 Å². The van der Waals surface area contributed by atoms with Crippen LogP contribution in [0.2, 0.25) is 0 Å². The molecule has 1 aromatic heterocycles. The molecule has 1 heterocycles. The molecular formula is C14H23N5O2. The number of hydrogen-bond acceptors (Lipinski definition) is 5. The van der Waals surface area contributed by atoms with E-state index in [4.69, 9.17) is 5.73 Å². The summed E-state index contributed by atoms with van der Waals surface area (Å²) >= 11 is 0. The molecule has 7 nitrogen and oxygen atoms in total. The number of hydrogen-bond donors (Lipinski definition) is 3. The first-order valence-electron chi connectivity index (χ1n) is 6.77. The first-order valence-corrected chi connectivity index (χ1v) is 6.77. The zero-order valence-corrected chi connectivity index (χ0v) is 12.9. The minimum absolute atomic E-state index is 0.0239. The summed E-state index contributed by atoms with van der Waals surface area (Å²) in [5.74, 6) is 0.167. The van der Waals surface area contributed by atoms with Crippen LogP contribution in [0, 0.1) is 5.92 Å². The summed E-state index contributed by atoms with van der Waals surface area (Å²) in [4.78, 5) is 29.4. The molecule has 7 heteroatoms. The second-order valence-electron chi connectivity index (χ2n) is 5.34. The Hall–Kier alpha value is -2.15. The molecule has 1 atom stereocenters. The molecule has 2 amide bonds. The van der Waals surface area contributed by atoms with Crippen molar-refractivity contribution >= 4 is 23.3 Å². The smallest absolute Gasteiger partial charge is 0.243 e. The van der Waals surface area contributed by atoms with Crippen molar-refractivity contribution in [2.24, 2.45) is 11.7 Å². The molecule has 4 N–H and O–H groups in total. The van der Waals surface area contributed by atoms with Gasteiger partial charge in [-0.1, -0.05) is 13.8 Å². The SMILES string of the molecule is CC(C)[C@H](N)C(=O)NCC(=O)Nc1ccc(N(C)C)nc1. The highest BCUT2D eigenvalue weighted by Crippen LogP contribution is 2.11. The topological polar surface area (TPSA) is 100 Å². The third-order valence-corrected chi connectivity index (χ3v) is 2.93. The molecular weight excluding hydrogens is 270 g/mol. The number of aromatic nitrogens is 1. The zero-order chi connectivity index (χ0) is 16.0. The lowest BCUT2D eigenvalue weighted by Crippen LogP contribution is -2.46. The molecule has 0 aromatic carbocycles. The Kier molecular flexibility index (Phi) is 6.10. The van der Waals surface area contributed by atoms with Crippen molar-refractivity contribution in [2.75, 3.05) is 30.9 Å². The molecule has 0 bridgehead atoms. The van der Waals surface area contributed by atoms with Crippen LogP contribution in [0.5, 0.6) is 0 Å². The van der Waals surface area contributed by atoms with Gasteiger partial charge in [-0.25, -0.2) is 4.98 Å². The van der Waals surface area contributed by atoms with Crippen molar-refractivity contribution in [3.05, 3.63) is 18.3 Å². The predicted octanol–water partition coefficient (Wildman–Crippen LogP) is 0.186. The van der Waals surface area contributed by atoms with E-state index in [2.05, 4.69) is 15.6 Å². The Morgan fingerprint density at radius 1 is 1.33 bits per heavy atom. The van der Waals surface area contributed by atoms with Crippen LogP contribution in [0.3, 0.4) is 0 Å². The number of pyridine rings is 1. The number of anilines is 2. The molecule has 0 aliphatic heterocycles. The van der Waals surface area contributed by atoms with Crippen molar-refractivity contribution in [3.8, 4) is 0 Å². The van der Waals surface area contributed by atoms with Crippen molar-refractivity contribution in [2.45, 2.75) is 19.9 Å². The number of nitrogens with two attached hydrogens (primary N) is 1. The fourth-order valence-corrected chi connectivity index (χ4v) is 1.52. The fourth-order valence-electron chi connectivity index (χ4n) is 1.52. The van der Waals surface area contributed by atoms with Crippen LogP contribution in [0.4, 0.5) is 11.5 Å². The van der Waals surface area contributed by atoms with E-state index in [1.165, 1.54) is 0 Å². The van der Waals surface area contributed by atoms with E-state index >= 15 is 0 Å². The molecule has 0 unspecified atom stereocenters. The Balaban J connectivity index is 2.45. The van der Waals surface area contributed by atoms with Gasteiger partial charge in [-0.2, -0.15) is 0 Å². The van der Waals surface area contributed by atoms with Crippen molar-refractivity contribution in [1.82, 2.24) is 10.3 Å². The Morgan fingerprint density at radius 3 is 2.48 bits per heavy atom. The molecule has 1 rings (SSSR count). The number of rotatable bonds is 6. The molecule has 0 aliphatic carbocycles. The minimum atomic E-state index is -0.612. The number of carbonyl (C=O) groups is 2. The summed E-state index contributed by atoms with van der Waals surface area (Å²) in [5.41, 5.74) is 6.26. The van der Waals surface area contributed by atoms with Crippen molar-refractivity contribution in [3.63, 3.8) is 0 Å². The third-order valence-electron chi connectivity index (χ3n) is 2.93. The van der Waals surface area contributed by atoms with E-state index in [-0.39, 0.29) is 24.3 Å². The quantitative estimate of drug-likeness (QED) is 0.695. The maximum atomic E-state index is 11.7. The van der Waals surface area contributed by atoms with Gasteiger partial charge in [0, 0.05) is 14.1 Å². The van der Waals surface area contributed by atoms with Crippen LogP contribution in [-0.4, -0.2) is 43.5 Å². The van der Waals surface area contributed by atoms with E-state index in [0.29, 0.717) is 5.69 Å². The highest BCUT2D eigenvalue weighted by molar-refractivity contribution is 5.95. The number of nitrogens with zero attached hydrogens (tertiary/aromatic N) is 2. The standard InChI is InChI=1S/C14H23N5O2/c1-9(2)13(15)14(21)17-8-12(20)18-10-5-6-11(16-7-10)19(3)4/h5-7,9,13H,8,15H2,1-4H3,(H,17,21)(H,18,20)/t13-/m0/s1. The summed E-state index contributed by atoms with van der Waals surface area (Å²) in [5, 5.41) is 5.16. The van der Waals surface area contributed by atoms with Crippen molar-refractivity contribution < 1.29 is 9.59 Å². The van der Waals surface area contributed by atoms with Gasteiger partial charge in [0.05, 0.1) is 24.5 Å². The van der Waals surface area contributed by atoms with Gasteiger partial charge >= 0.3 is 0 Å². The second-order valence-corrected chi connectivity index (χ2v) is 5.34. The Labute approximate surface area is 124 Å². The van der Waals surface area contributed by atoms with Crippen LogP contribution >= 0.6 is 0 Å². The summed E-state index contributed by atoms with van der Waals surface area (Å²) in [7, 11) is 3.77. The van der Waals surface area contributed by atoms with E-state index < -0.39 is 6.04 Å². The molecule has 1 aromatic rings. The van der Waals surface area contributed by atoms with E-state index in [1.807, 2.05) is 32.8 Å². The van der Waals surface area contributed by atoms with Gasteiger partial charge in [0.1, 0.15) is 5.82 Å². The lowest BCUT2D eigenvalue weighted by atomic mass is 10.1. The lowest BCUT2D eigenvalue weighted by Gasteiger charge is -2.15. The largest absolute Gasteiger partial charge is 0.363 e. The van der Waals surface area contributed by atoms with E-state index in [9.17, 15) is 9.59 Å². The summed E-state index contributed by atoms with van der Waals surface area (Å²) < 4.78 is 0. The number of carbonyl (C=O) groups excluding carboxylic acids is 2. The first kappa shape index (κ1) is 16.9. The van der Waals surface area contributed by atoms with Gasteiger partial charge in [-0.3, -0.25) is 9.59 Å². The third kappa shape index (κ3) is 5.39. The van der Waals surface area contributed by atoms with E-state index in [0.717, 1.165) is 5.82 Å². The summed E-state index contributed by atoms with van der Waals surface area (Å²) in [6.07, 6.45) is 1.56. The maximum Gasteiger partial charge on any atom is 0.243 e. The lowest BCUT2D eigenvalue weighted by molar-refractivity contribution is -0.125. The molecule has 0 saturated carbocycles. The molecule has 0 spiro atoms. The first-order chi connectivity index (χ1) is 9.81. The second kappa shape index (κ2) is 7.58.